The van der Waals surface area contributed by atoms with E-state index in [4.69, 9.17) is 16.3 Å². The van der Waals surface area contributed by atoms with Crippen LogP contribution in [0.3, 0.4) is 0 Å². The van der Waals surface area contributed by atoms with Gasteiger partial charge >= 0.3 is 0 Å². The van der Waals surface area contributed by atoms with Gasteiger partial charge in [0.1, 0.15) is 17.8 Å². The molecule has 3 nitrogen and oxygen atoms in total. The first-order valence-electron chi connectivity index (χ1n) is 5.51. The van der Waals surface area contributed by atoms with E-state index in [0.29, 0.717) is 5.56 Å². The summed E-state index contributed by atoms with van der Waals surface area (Å²) in [7, 11) is 0. The Morgan fingerprint density at radius 2 is 1.83 bits per heavy atom. The number of benzene rings is 1. The van der Waals surface area contributed by atoms with Crippen LogP contribution in [0.2, 0.25) is 5.15 Å². The zero-order valence-corrected chi connectivity index (χ0v) is 10.8. The van der Waals surface area contributed by atoms with Crippen LogP contribution < -0.4 is 4.74 Å². The van der Waals surface area contributed by atoms with Gasteiger partial charge in [0.25, 0.3) is 0 Å². The van der Waals surface area contributed by atoms with E-state index in [1.165, 1.54) is 6.33 Å². The number of ether oxygens (including phenoxy) is 1. The van der Waals surface area contributed by atoms with Crippen LogP contribution in [0, 0.1) is 5.82 Å². The van der Waals surface area contributed by atoms with E-state index in [1.54, 1.807) is 24.3 Å². The van der Waals surface area contributed by atoms with Crippen molar-refractivity contribution in [3.63, 3.8) is 0 Å². The Morgan fingerprint density at radius 3 is 2.44 bits per heavy atom. The van der Waals surface area contributed by atoms with Gasteiger partial charge in [0.2, 0.25) is 0 Å². The molecule has 1 heterocycles. The third-order valence-electron chi connectivity index (χ3n) is 2.25. The summed E-state index contributed by atoms with van der Waals surface area (Å²) in [6, 6.07) is 7.01. The molecule has 0 radical (unpaired) electrons. The molecule has 0 saturated heterocycles. The second-order valence-electron chi connectivity index (χ2n) is 4.02. The zero-order valence-electron chi connectivity index (χ0n) is 10.0. The molecule has 0 aliphatic rings. The van der Waals surface area contributed by atoms with Gasteiger partial charge in [-0.1, -0.05) is 11.6 Å². The van der Waals surface area contributed by atoms with Crippen LogP contribution in [-0.2, 0) is 0 Å². The van der Waals surface area contributed by atoms with Crippen molar-refractivity contribution in [3.05, 3.63) is 41.6 Å². The van der Waals surface area contributed by atoms with Crippen LogP contribution >= 0.6 is 11.6 Å². The highest BCUT2D eigenvalue weighted by Crippen LogP contribution is 2.25. The first-order chi connectivity index (χ1) is 8.58. The van der Waals surface area contributed by atoms with Gasteiger partial charge in [0.05, 0.1) is 6.10 Å². The molecule has 2 aromatic rings. The molecule has 5 heteroatoms. The van der Waals surface area contributed by atoms with Gasteiger partial charge in [-0.2, -0.15) is 0 Å². The Bertz CT molecular complexity index is 543. The Labute approximate surface area is 110 Å². The maximum atomic E-state index is 13.7. The molecule has 1 aromatic carbocycles. The minimum atomic E-state index is -0.614. The van der Waals surface area contributed by atoms with E-state index in [-0.39, 0.29) is 17.0 Å². The fraction of sp³-hybridized carbons (Fsp3) is 0.231. The van der Waals surface area contributed by atoms with Gasteiger partial charge in [-0.25, -0.2) is 14.4 Å². The Morgan fingerprint density at radius 1 is 1.17 bits per heavy atom. The molecule has 0 amide bonds. The van der Waals surface area contributed by atoms with E-state index < -0.39 is 5.82 Å². The second-order valence-corrected chi connectivity index (χ2v) is 4.38. The molecule has 0 atom stereocenters. The third kappa shape index (κ3) is 2.76. The first-order valence-corrected chi connectivity index (χ1v) is 5.89. The smallest absolute Gasteiger partial charge is 0.186 e. The summed E-state index contributed by atoms with van der Waals surface area (Å²) < 4.78 is 19.2. The number of hydrogen-bond acceptors (Lipinski definition) is 3. The maximum absolute atomic E-state index is 13.7. The summed E-state index contributed by atoms with van der Waals surface area (Å²) in [5.74, 6) is 0.117. The molecular weight excluding hydrogens is 255 g/mol. The van der Waals surface area contributed by atoms with E-state index in [9.17, 15) is 4.39 Å². The van der Waals surface area contributed by atoms with E-state index in [1.807, 2.05) is 13.8 Å². The van der Waals surface area contributed by atoms with Crippen molar-refractivity contribution < 1.29 is 9.13 Å². The maximum Gasteiger partial charge on any atom is 0.186 e. The third-order valence-corrected chi connectivity index (χ3v) is 2.51. The summed E-state index contributed by atoms with van der Waals surface area (Å²) in [5, 5.41) is -0.178. The molecule has 0 saturated carbocycles. The van der Waals surface area contributed by atoms with Gasteiger partial charge in [-0.15, -0.1) is 0 Å². The van der Waals surface area contributed by atoms with Crippen LogP contribution in [-0.4, -0.2) is 16.1 Å². The zero-order chi connectivity index (χ0) is 13.1. The summed E-state index contributed by atoms with van der Waals surface area (Å²) in [5.41, 5.74) is 0.819. The molecule has 0 N–H and O–H groups in total. The van der Waals surface area contributed by atoms with Crippen LogP contribution in [0.5, 0.6) is 5.75 Å². The van der Waals surface area contributed by atoms with Crippen molar-refractivity contribution in [2.24, 2.45) is 0 Å². The highest BCUT2D eigenvalue weighted by atomic mass is 35.5. The van der Waals surface area contributed by atoms with Gasteiger partial charge in [0.15, 0.2) is 11.0 Å². The molecule has 0 spiro atoms. The lowest BCUT2D eigenvalue weighted by Crippen LogP contribution is -2.05. The largest absolute Gasteiger partial charge is 0.491 e. The molecule has 0 fully saturated rings. The van der Waals surface area contributed by atoms with Gasteiger partial charge < -0.3 is 4.74 Å². The van der Waals surface area contributed by atoms with Gasteiger partial charge in [0, 0.05) is 5.56 Å². The normalized spacial score (nSPS) is 10.7. The predicted octanol–water partition coefficient (Wildman–Crippen LogP) is 3.72. The highest BCUT2D eigenvalue weighted by molar-refractivity contribution is 6.29. The highest BCUT2D eigenvalue weighted by Gasteiger charge is 2.11. The average molecular weight is 267 g/mol. The molecular formula is C13H12ClFN2O. The SMILES string of the molecule is CC(C)Oc1ccc(-c2ncnc(Cl)c2F)cc1. The minimum Gasteiger partial charge on any atom is -0.491 e. The van der Waals surface area contributed by atoms with E-state index in [0.717, 1.165) is 5.75 Å². The predicted molar refractivity (Wildman–Crippen MR) is 68.2 cm³/mol. The first kappa shape index (κ1) is 12.8. The van der Waals surface area contributed by atoms with Crippen LogP contribution in [0.4, 0.5) is 4.39 Å². The number of rotatable bonds is 3. The van der Waals surface area contributed by atoms with Crippen molar-refractivity contribution in [1.29, 1.82) is 0 Å². The number of nitrogens with zero attached hydrogens (tertiary/aromatic N) is 2. The minimum absolute atomic E-state index is 0.0982. The van der Waals surface area contributed by atoms with Gasteiger partial charge in [-0.3, -0.25) is 0 Å². The van der Waals surface area contributed by atoms with Crippen molar-refractivity contribution in [2.75, 3.05) is 0 Å². The molecule has 1 aromatic heterocycles. The summed E-state index contributed by atoms with van der Waals surface area (Å²) in [4.78, 5) is 7.47. The van der Waals surface area contributed by atoms with Crippen LogP contribution in [0.1, 0.15) is 13.8 Å². The summed E-state index contributed by atoms with van der Waals surface area (Å²) >= 11 is 5.61. The molecule has 0 aliphatic heterocycles. The standard InChI is InChI=1S/C13H12ClFN2O/c1-8(2)18-10-5-3-9(4-6-10)12-11(15)13(14)17-7-16-12/h3-8H,1-2H3. The quantitative estimate of drug-likeness (QED) is 0.794. The van der Waals surface area contributed by atoms with E-state index >= 15 is 0 Å². The van der Waals surface area contributed by atoms with Crippen molar-refractivity contribution >= 4 is 11.6 Å². The molecule has 0 unspecified atom stereocenters. The van der Waals surface area contributed by atoms with Crippen LogP contribution in [0.15, 0.2) is 30.6 Å². The Hall–Kier alpha value is -1.68. The second kappa shape index (κ2) is 5.31. The molecule has 0 bridgehead atoms. The Balaban J connectivity index is 2.32. The fourth-order valence-corrected chi connectivity index (χ4v) is 1.65. The van der Waals surface area contributed by atoms with E-state index in [2.05, 4.69) is 9.97 Å². The summed E-state index contributed by atoms with van der Waals surface area (Å²) in [6.07, 6.45) is 1.33. The van der Waals surface area contributed by atoms with Crippen molar-refractivity contribution in [2.45, 2.75) is 20.0 Å². The number of hydrogen-bond donors (Lipinski definition) is 0. The lowest BCUT2D eigenvalue weighted by atomic mass is 10.1. The Kier molecular flexibility index (Phi) is 3.77. The number of halogens is 2. The van der Waals surface area contributed by atoms with Crippen molar-refractivity contribution in [1.82, 2.24) is 9.97 Å². The molecule has 94 valence electrons. The average Bonchev–Trinajstić information content (AvgIpc) is 2.33. The monoisotopic (exact) mass is 266 g/mol. The van der Waals surface area contributed by atoms with Crippen LogP contribution in [0.25, 0.3) is 11.3 Å². The lowest BCUT2D eigenvalue weighted by Gasteiger charge is -2.10. The van der Waals surface area contributed by atoms with Crippen molar-refractivity contribution in [3.8, 4) is 17.0 Å². The summed E-state index contributed by atoms with van der Waals surface area (Å²) in [6.45, 7) is 3.88. The number of aromatic nitrogens is 2. The topological polar surface area (TPSA) is 35.0 Å². The van der Waals surface area contributed by atoms with Gasteiger partial charge in [-0.05, 0) is 38.1 Å². The molecule has 18 heavy (non-hydrogen) atoms. The molecule has 0 aliphatic carbocycles. The fourth-order valence-electron chi connectivity index (χ4n) is 1.51. The lowest BCUT2D eigenvalue weighted by molar-refractivity contribution is 0.242. The molecule has 2 rings (SSSR count).